The van der Waals surface area contributed by atoms with Crippen LogP contribution in [-0.4, -0.2) is 36.8 Å². The van der Waals surface area contributed by atoms with Crippen LogP contribution < -0.4 is 10.6 Å². The van der Waals surface area contributed by atoms with Crippen molar-refractivity contribution in [1.29, 1.82) is 10.5 Å². The van der Waals surface area contributed by atoms with Crippen molar-refractivity contribution < 1.29 is 9.90 Å². The highest BCUT2D eigenvalue weighted by Crippen LogP contribution is 1.98. The van der Waals surface area contributed by atoms with Gasteiger partial charge in [0.15, 0.2) is 0 Å². The third-order valence-corrected chi connectivity index (χ3v) is 2.41. The van der Waals surface area contributed by atoms with Gasteiger partial charge in [0, 0.05) is 19.4 Å². The molecule has 0 fully saturated rings. The van der Waals surface area contributed by atoms with Gasteiger partial charge in [-0.15, -0.1) is 0 Å². The Morgan fingerprint density at radius 2 is 1.83 bits per heavy atom. The highest BCUT2D eigenvalue weighted by Gasteiger charge is 2.15. The Morgan fingerprint density at radius 1 is 1.11 bits per heavy atom. The summed E-state index contributed by atoms with van der Waals surface area (Å²) in [5.74, 6) is -0.857. The topological polar surface area (TPSA) is 109 Å². The number of nitriles is 2. The fraction of sp³-hybridized carbons (Fsp3) is 0.750. The molecule has 0 aliphatic carbocycles. The minimum absolute atomic E-state index is 0.440. The van der Waals surface area contributed by atoms with E-state index in [1.54, 1.807) is 0 Å². The van der Waals surface area contributed by atoms with Gasteiger partial charge in [-0.2, -0.15) is 10.5 Å². The number of carbonyl (C=O) groups is 1. The first-order chi connectivity index (χ1) is 8.72. The average molecular weight is 252 g/mol. The number of carboxylic acid groups (broad SMARTS) is 1. The fourth-order valence-corrected chi connectivity index (χ4v) is 1.46. The molecule has 0 heterocycles. The van der Waals surface area contributed by atoms with Gasteiger partial charge in [0.25, 0.3) is 0 Å². The summed E-state index contributed by atoms with van der Waals surface area (Å²) in [6.07, 6.45) is 2.86. The van der Waals surface area contributed by atoms with Crippen LogP contribution in [0.25, 0.3) is 0 Å². The predicted octanol–water partition coefficient (Wildman–Crippen LogP) is 0.616. The molecule has 6 heteroatoms. The van der Waals surface area contributed by atoms with Crippen molar-refractivity contribution in [3.63, 3.8) is 0 Å². The van der Waals surface area contributed by atoms with Crippen LogP contribution in [-0.2, 0) is 4.79 Å². The van der Waals surface area contributed by atoms with E-state index in [0.717, 1.165) is 6.42 Å². The van der Waals surface area contributed by atoms with E-state index in [2.05, 4.69) is 10.6 Å². The minimum atomic E-state index is -0.857. The van der Waals surface area contributed by atoms with Crippen molar-refractivity contribution in [2.75, 3.05) is 19.6 Å². The quantitative estimate of drug-likeness (QED) is 0.465. The number of carboxylic acids is 1. The van der Waals surface area contributed by atoms with Crippen LogP contribution in [0.5, 0.6) is 0 Å². The summed E-state index contributed by atoms with van der Waals surface area (Å²) in [7, 11) is 0. The van der Waals surface area contributed by atoms with Crippen LogP contribution in [0.4, 0.5) is 0 Å². The SMILES string of the molecule is N#CCCCNC(CCCNCCC#N)C(=O)O. The van der Waals surface area contributed by atoms with E-state index in [4.69, 9.17) is 15.6 Å². The number of aliphatic carboxylic acids is 1. The summed E-state index contributed by atoms with van der Waals surface area (Å²) in [6, 6.07) is 3.49. The summed E-state index contributed by atoms with van der Waals surface area (Å²) in [5.41, 5.74) is 0. The molecule has 0 aromatic carbocycles. The van der Waals surface area contributed by atoms with E-state index >= 15 is 0 Å². The van der Waals surface area contributed by atoms with Gasteiger partial charge >= 0.3 is 5.97 Å². The molecule has 1 unspecified atom stereocenters. The van der Waals surface area contributed by atoms with Gasteiger partial charge in [-0.3, -0.25) is 4.79 Å². The number of unbranched alkanes of at least 4 members (excludes halogenated alkanes) is 1. The zero-order valence-electron chi connectivity index (χ0n) is 10.5. The molecule has 0 aliphatic rings. The highest BCUT2D eigenvalue weighted by molar-refractivity contribution is 5.73. The summed E-state index contributed by atoms with van der Waals surface area (Å²) < 4.78 is 0. The Bertz CT molecular complexity index is 306. The molecule has 100 valence electrons. The van der Waals surface area contributed by atoms with Gasteiger partial charge in [-0.25, -0.2) is 0 Å². The Morgan fingerprint density at radius 3 is 2.44 bits per heavy atom. The number of nitrogens with zero attached hydrogens (tertiary/aromatic N) is 2. The first kappa shape index (κ1) is 16.4. The zero-order chi connectivity index (χ0) is 13.6. The van der Waals surface area contributed by atoms with Gasteiger partial charge < -0.3 is 15.7 Å². The lowest BCUT2D eigenvalue weighted by Crippen LogP contribution is -2.37. The smallest absolute Gasteiger partial charge is 0.320 e. The van der Waals surface area contributed by atoms with Gasteiger partial charge in [-0.1, -0.05) is 0 Å². The van der Waals surface area contributed by atoms with Crippen molar-refractivity contribution in [3.05, 3.63) is 0 Å². The molecule has 0 saturated carbocycles. The molecule has 6 nitrogen and oxygen atoms in total. The van der Waals surface area contributed by atoms with E-state index in [1.165, 1.54) is 0 Å². The number of hydrogen-bond donors (Lipinski definition) is 3. The van der Waals surface area contributed by atoms with Crippen LogP contribution >= 0.6 is 0 Å². The molecule has 0 saturated heterocycles. The molecule has 0 aromatic heterocycles. The van der Waals surface area contributed by atoms with E-state index in [0.29, 0.717) is 45.3 Å². The summed E-state index contributed by atoms with van der Waals surface area (Å²) in [5, 5.41) is 31.7. The molecule has 0 rings (SSSR count). The maximum atomic E-state index is 10.9. The van der Waals surface area contributed by atoms with E-state index < -0.39 is 12.0 Å². The molecule has 0 aromatic rings. The van der Waals surface area contributed by atoms with Crippen LogP contribution in [0.3, 0.4) is 0 Å². The monoisotopic (exact) mass is 252 g/mol. The van der Waals surface area contributed by atoms with Crippen molar-refractivity contribution in [2.24, 2.45) is 0 Å². The van der Waals surface area contributed by atoms with Crippen LogP contribution in [0.2, 0.25) is 0 Å². The number of nitrogens with one attached hydrogen (secondary N) is 2. The molecular formula is C12H20N4O2. The van der Waals surface area contributed by atoms with Crippen molar-refractivity contribution in [1.82, 2.24) is 10.6 Å². The second-order valence-electron chi connectivity index (χ2n) is 3.91. The lowest BCUT2D eigenvalue weighted by Gasteiger charge is -2.13. The van der Waals surface area contributed by atoms with Crippen molar-refractivity contribution in [3.8, 4) is 12.1 Å². The van der Waals surface area contributed by atoms with E-state index in [-0.39, 0.29) is 0 Å². The lowest BCUT2D eigenvalue weighted by atomic mass is 10.1. The van der Waals surface area contributed by atoms with E-state index in [9.17, 15) is 4.79 Å². The van der Waals surface area contributed by atoms with Gasteiger partial charge in [-0.05, 0) is 32.4 Å². The first-order valence-corrected chi connectivity index (χ1v) is 6.13. The molecular weight excluding hydrogens is 232 g/mol. The summed E-state index contributed by atoms with van der Waals surface area (Å²) in [6.45, 7) is 1.90. The largest absolute Gasteiger partial charge is 0.480 e. The Kier molecular flexibility index (Phi) is 10.8. The lowest BCUT2D eigenvalue weighted by molar-refractivity contribution is -0.139. The Hall–Kier alpha value is -1.63. The normalized spacial score (nSPS) is 11.4. The van der Waals surface area contributed by atoms with Crippen molar-refractivity contribution >= 4 is 5.97 Å². The van der Waals surface area contributed by atoms with Gasteiger partial charge in [0.05, 0.1) is 12.1 Å². The molecule has 0 bridgehead atoms. The molecule has 0 radical (unpaired) electrons. The van der Waals surface area contributed by atoms with Gasteiger partial charge in [0.2, 0.25) is 0 Å². The first-order valence-electron chi connectivity index (χ1n) is 6.13. The second-order valence-corrected chi connectivity index (χ2v) is 3.91. The average Bonchev–Trinajstić information content (AvgIpc) is 2.35. The molecule has 3 N–H and O–H groups in total. The highest BCUT2D eigenvalue weighted by atomic mass is 16.4. The molecule has 0 spiro atoms. The molecule has 0 amide bonds. The van der Waals surface area contributed by atoms with Crippen LogP contribution in [0.15, 0.2) is 0 Å². The van der Waals surface area contributed by atoms with Crippen LogP contribution in [0, 0.1) is 22.7 Å². The number of hydrogen-bond acceptors (Lipinski definition) is 5. The third kappa shape index (κ3) is 9.59. The number of rotatable bonds is 11. The maximum Gasteiger partial charge on any atom is 0.320 e. The van der Waals surface area contributed by atoms with E-state index in [1.807, 2.05) is 12.1 Å². The zero-order valence-corrected chi connectivity index (χ0v) is 10.5. The molecule has 1 atom stereocenters. The summed E-state index contributed by atoms with van der Waals surface area (Å²) >= 11 is 0. The maximum absolute atomic E-state index is 10.9. The summed E-state index contributed by atoms with van der Waals surface area (Å²) in [4.78, 5) is 10.9. The Balaban J connectivity index is 3.62. The predicted molar refractivity (Wildman–Crippen MR) is 66.6 cm³/mol. The molecule has 18 heavy (non-hydrogen) atoms. The minimum Gasteiger partial charge on any atom is -0.480 e. The van der Waals surface area contributed by atoms with Gasteiger partial charge in [0.1, 0.15) is 6.04 Å². The standard InChI is InChI=1S/C12H20N4O2/c13-6-1-2-10-16-11(12(17)18)5-3-8-15-9-4-7-14/h11,15-16H,1-5,8-10H2,(H,17,18). The third-order valence-electron chi connectivity index (χ3n) is 2.41. The fourth-order valence-electron chi connectivity index (χ4n) is 1.46. The van der Waals surface area contributed by atoms with Crippen molar-refractivity contribution in [2.45, 2.75) is 38.1 Å². The van der Waals surface area contributed by atoms with Crippen LogP contribution in [0.1, 0.15) is 32.1 Å². The Labute approximate surface area is 108 Å². The molecule has 0 aliphatic heterocycles. The second kappa shape index (κ2) is 11.8.